The van der Waals surface area contributed by atoms with Gasteiger partial charge in [-0.15, -0.1) is 0 Å². The second-order valence-corrected chi connectivity index (χ2v) is 9.41. The predicted octanol–water partition coefficient (Wildman–Crippen LogP) is 3.21. The second kappa shape index (κ2) is 7.18. The van der Waals surface area contributed by atoms with Gasteiger partial charge in [-0.3, -0.25) is 9.97 Å². The van der Waals surface area contributed by atoms with E-state index in [2.05, 4.69) is 30.8 Å². The lowest BCUT2D eigenvalue weighted by molar-refractivity contribution is 0.385. The Morgan fingerprint density at radius 1 is 1.00 bits per heavy atom. The number of sulfonamides is 1. The number of pyridine rings is 2. The van der Waals surface area contributed by atoms with E-state index in [4.69, 9.17) is 0 Å². The number of halogens is 1. The minimum absolute atomic E-state index is 0.349. The highest BCUT2D eigenvalue weighted by Crippen LogP contribution is 2.27. The molecular formula is C19H19BrN4O2S. The first-order chi connectivity index (χ1) is 12.9. The van der Waals surface area contributed by atoms with Crippen LogP contribution in [0.2, 0.25) is 0 Å². The summed E-state index contributed by atoms with van der Waals surface area (Å²) in [6.45, 7) is 4.05. The van der Waals surface area contributed by atoms with E-state index >= 15 is 0 Å². The average molecular weight is 447 g/mol. The molecule has 0 spiro atoms. The number of nitrogens with zero attached hydrogens (tertiary/aromatic N) is 4. The van der Waals surface area contributed by atoms with Crippen molar-refractivity contribution >= 4 is 42.7 Å². The van der Waals surface area contributed by atoms with Crippen LogP contribution >= 0.6 is 15.9 Å². The van der Waals surface area contributed by atoms with E-state index in [-0.39, 0.29) is 0 Å². The molecule has 6 nitrogen and oxygen atoms in total. The smallest absolute Gasteiger partial charge is 0.243 e. The molecule has 27 heavy (non-hydrogen) atoms. The summed E-state index contributed by atoms with van der Waals surface area (Å²) in [5, 5.41) is 0. The summed E-state index contributed by atoms with van der Waals surface area (Å²) in [6, 6.07) is 10.9. The van der Waals surface area contributed by atoms with Crippen LogP contribution in [0.1, 0.15) is 5.56 Å². The standard InChI is InChI=1S/C19H19BrN4O2S/c1-14-2-4-16(5-3-14)27(25,26)24-10-8-23(9-11-24)18-6-7-21-17-12-15(20)13-22-19(17)18/h2-7,12-13H,8-11H2,1H3. The molecule has 1 fully saturated rings. The maximum absolute atomic E-state index is 12.9. The van der Waals surface area contributed by atoms with Gasteiger partial charge in [-0.25, -0.2) is 8.42 Å². The van der Waals surface area contributed by atoms with E-state index in [1.807, 2.05) is 31.2 Å². The summed E-state index contributed by atoms with van der Waals surface area (Å²) in [5.74, 6) is 0. The average Bonchev–Trinajstić information content (AvgIpc) is 2.68. The van der Waals surface area contributed by atoms with Gasteiger partial charge in [0, 0.05) is 43.0 Å². The Balaban J connectivity index is 1.55. The van der Waals surface area contributed by atoms with Gasteiger partial charge in [0.2, 0.25) is 10.0 Å². The van der Waals surface area contributed by atoms with Gasteiger partial charge in [-0.05, 0) is 47.1 Å². The Bertz CT molecular complexity index is 1080. The number of hydrogen-bond acceptors (Lipinski definition) is 5. The fourth-order valence-corrected chi connectivity index (χ4v) is 5.02. The number of benzene rings is 1. The zero-order valence-electron chi connectivity index (χ0n) is 14.8. The molecule has 140 valence electrons. The minimum Gasteiger partial charge on any atom is -0.367 e. The Kier molecular flexibility index (Phi) is 4.88. The molecule has 1 aromatic carbocycles. The Morgan fingerprint density at radius 3 is 2.41 bits per heavy atom. The fraction of sp³-hybridized carbons (Fsp3) is 0.263. The zero-order valence-corrected chi connectivity index (χ0v) is 17.2. The van der Waals surface area contributed by atoms with Gasteiger partial charge in [0.15, 0.2) is 0 Å². The molecule has 1 aliphatic rings. The van der Waals surface area contributed by atoms with Crippen LogP contribution in [0.15, 0.2) is 58.2 Å². The maximum atomic E-state index is 12.9. The van der Waals surface area contributed by atoms with Crippen molar-refractivity contribution in [2.24, 2.45) is 0 Å². The summed E-state index contributed by atoms with van der Waals surface area (Å²) in [7, 11) is -3.46. The van der Waals surface area contributed by atoms with E-state index in [9.17, 15) is 8.42 Å². The summed E-state index contributed by atoms with van der Waals surface area (Å²) in [6.07, 6.45) is 3.52. The van der Waals surface area contributed by atoms with Crippen molar-refractivity contribution in [1.29, 1.82) is 0 Å². The minimum atomic E-state index is -3.46. The largest absolute Gasteiger partial charge is 0.367 e. The van der Waals surface area contributed by atoms with Crippen LogP contribution in [0.3, 0.4) is 0 Å². The van der Waals surface area contributed by atoms with Crippen molar-refractivity contribution in [3.8, 4) is 0 Å². The molecule has 1 saturated heterocycles. The highest BCUT2D eigenvalue weighted by Gasteiger charge is 2.29. The lowest BCUT2D eigenvalue weighted by atomic mass is 10.2. The van der Waals surface area contributed by atoms with Gasteiger partial charge >= 0.3 is 0 Å². The van der Waals surface area contributed by atoms with Gasteiger partial charge in [0.1, 0.15) is 5.52 Å². The molecular weight excluding hydrogens is 428 g/mol. The third kappa shape index (κ3) is 3.56. The molecule has 0 radical (unpaired) electrons. The molecule has 4 rings (SSSR count). The SMILES string of the molecule is Cc1ccc(S(=O)(=O)N2CCN(c3ccnc4cc(Br)cnc34)CC2)cc1. The van der Waals surface area contributed by atoms with Crippen LogP contribution in [0.4, 0.5) is 5.69 Å². The van der Waals surface area contributed by atoms with Gasteiger partial charge in [0.05, 0.1) is 16.1 Å². The van der Waals surface area contributed by atoms with Crippen molar-refractivity contribution in [3.05, 3.63) is 58.8 Å². The van der Waals surface area contributed by atoms with Gasteiger partial charge in [0.25, 0.3) is 0 Å². The molecule has 3 heterocycles. The lowest BCUT2D eigenvalue weighted by Gasteiger charge is -2.35. The Labute approximate surface area is 167 Å². The topological polar surface area (TPSA) is 66.4 Å². The molecule has 1 aliphatic heterocycles. The first-order valence-electron chi connectivity index (χ1n) is 8.67. The predicted molar refractivity (Wildman–Crippen MR) is 109 cm³/mol. The monoisotopic (exact) mass is 446 g/mol. The number of aromatic nitrogens is 2. The van der Waals surface area contributed by atoms with E-state index < -0.39 is 10.0 Å². The quantitative estimate of drug-likeness (QED) is 0.617. The van der Waals surface area contributed by atoms with Crippen LogP contribution in [0.5, 0.6) is 0 Å². The molecule has 0 atom stereocenters. The third-order valence-corrected chi connectivity index (χ3v) is 7.11. The van der Waals surface area contributed by atoms with Crippen LogP contribution < -0.4 is 4.90 Å². The number of rotatable bonds is 3. The second-order valence-electron chi connectivity index (χ2n) is 6.56. The summed E-state index contributed by atoms with van der Waals surface area (Å²) in [5.41, 5.74) is 3.68. The lowest BCUT2D eigenvalue weighted by Crippen LogP contribution is -2.48. The molecule has 8 heteroatoms. The van der Waals surface area contributed by atoms with Gasteiger partial charge in [-0.2, -0.15) is 4.31 Å². The van der Waals surface area contributed by atoms with Crippen LogP contribution in [0.25, 0.3) is 11.0 Å². The van der Waals surface area contributed by atoms with Crippen LogP contribution in [0, 0.1) is 6.92 Å². The first-order valence-corrected chi connectivity index (χ1v) is 10.9. The number of anilines is 1. The first kappa shape index (κ1) is 18.3. The molecule has 3 aromatic rings. The van der Waals surface area contributed by atoms with Crippen LogP contribution in [-0.4, -0.2) is 48.9 Å². The number of piperazine rings is 1. The van der Waals surface area contributed by atoms with Crippen molar-refractivity contribution in [2.75, 3.05) is 31.1 Å². The van der Waals surface area contributed by atoms with Crippen molar-refractivity contribution in [2.45, 2.75) is 11.8 Å². The van der Waals surface area contributed by atoms with Crippen molar-refractivity contribution < 1.29 is 8.42 Å². The highest BCUT2D eigenvalue weighted by molar-refractivity contribution is 9.10. The normalized spacial score (nSPS) is 16.0. The van der Waals surface area contributed by atoms with Crippen molar-refractivity contribution in [3.63, 3.8) is 0 Å². The summed E-state index contributed by atoms with van der Waals surface area (Å²) >= 11 is 3.42. The van der Waals surface area contributed by atoms with E-state index in [0.717, 1.165) is 26.8 Å². The number of aryl methyl sites for hydroxylation is 1. The zero-order chi connectivity index (χ0) is 19.0. The molecule has 0 unspecified atom stereocenters. The van der Waals surface area contributed by atoms with Crippen LogP contribution in [-0.2, 0) is 10.0 Å². The number of fused-ring (bicyclic) bond motifs is 1. The van der Waals surface area contributed by atoms with Gasteiger partial charge in [-0.1, -0.05) is 17.7 Å². The maximum Gasteiger partial charge on any atom is 0.243 e. The van der Waals surface area contributed by atoms with Crippen molar-refractivity contribution in [1.82, 2.24) is 14.3 Å². The fourth-order valence-electron chi connectivity index (χ4n) is 3.28. The van der Waals surface area contributed by atoms with E-state index in [1.165, 1.54) is 0 Å². The Morgan fingerprint density at radius 2 is 1.70 bits per heavy atom. The van der Waals surface area contributed by atoms with E-state index in [0.29, 0.717) is 31.1 Å². The molecule has 0 bridgehead atoms. The van der Waals surface area contributed by atoms with Gasteiger partial charge < -0.3 is 4.90 Å². The summed E-state index contributed by atoms with van der Waals surface area (Å²) < 4.78 is 28.2. The summed E-state index contributed by atoms with van der Waals surface area (Å²) in [4.78, 5) is 11.4. The molecule has 0 saturated carbocycles. The molecule has 0 amide bonds. The Hall–Kier alpha value is -2.03. The highest BCUT2D eigenvalue weighted by atomic mass is 79.9. The third-order valence-electron chi connectivity index (χ3n) is 4.76. The molecule has 2 aromatic heterocycles. The van der Waals surface area contributed by atoms with E-state index in [1.54, 1.807) is 28.8 Å². The molecule has 0 aliphatic carbocycles. The molecule has 0 N–H and O–H groups in total. The number of hydrogen-bond donors (Lipinski definition) is 0.